The van der Waals surface area contributed by atoms with E-state index >= 15 is 0 Å². The Balaban J connectivity index is 2.05. The summed E-state index contributed by atoms with van der Waals surface area (Å²) in [6.45, 7) is 6.23. The molecule has 0 aliphatic carbocycles. The van der Waals surface area contributed by atoms with Gasteiger partial charge in [-0.1, -0.05) is 11.6 Å². The molecule has 1 atom stereocenters. The van der Waals surface area contributed by atoms with Gasteiger partial charge in [-0.2, -0.15) is 0 Å². The van der Waals surface area contributed by atoms with Crippen LogP contribution in [0.1, 0.15) is 43.0 Å². The number of rotatable bonds is 6. The van der Waals surface area contributed by atoms with E-state index in [0.29, 0.717) is 40.4 Å². The van der Waals surface area contributed by atoms with E-state index in [0.717, 1.165) is 0 Å². The molecule has 0 bridgehead atoms. The Bertz CT molecular complexity index is 1170. The van der Waals surface area contributed by atoms with Gasteiger partial charge >= 0.3 is 0 Å². The smallest absolute Gasteiger partial charge is 0.269 e. The number of benzene rings is 2. The molecule has 0 spiro atoms. The fraction of sp³-hybridized carbons (Fsp3) is 0.286. The first-order valence-corrected chi connectivity index (χ1v) is 9.91. The molecule has 0 fully saturated rings. The van der Waals surface area contributed by atoms with E-state index in [1.807, 2.05) is 13.8 Å². The van der Waals surface area contributed by atoms with Gasteiger partial charge in [0.15, 0.2) is 0 Å². The first kappa shape index (κ1) is 21.4. The average molecular weight is 429 g/mol. The van der Waals surface area contributed by atoms with Crippen LogP contribution in [0.5, 0.6) is 0 Å². The van der Waals surface area contributed by atoms with Crippen LogP contribution in [0.25, 0.3) is 10.9 Å². The summed E-state index contributed by atoms with van der Waals surface area (Å²) in [6.07, 6.45) is 0. The Morgan fingerprint density at radius 1 is 1.23 bits per heavy atom. The highest BCUT2D eigenvalue weighted by Crippen LogP contribution is 2.24. The van der Waals surface area contributed by atoms with E-state index in [9.17, 15) is 19.7 Å². The maximum Gasteiger partial charge on any atom is 0.269 e. The molecule has 30 heavy (non-hydrogen) atoms. The maximum absolute atomic E-state index is 13.1. The van der Waals surface area contributed by atoms with Gasteiger partial charge in [-0.15, -0.1) is 0 Å². The van der Waals surface area contributed by atoms with Crippen LogP contribution in [0.3, 0.4) is 0 Å². The van der Waals surface area contributed by atoms with Gasteiger partial charge in [0.05, 0.1) is 21.9 Å². The zero-order valence-electron chi connectivity index (χ0n) is 16.8. The van der Waals surface area contributed by atoms with Crippen LogP contribution in [0.15, 0.2) is 47.3 Å². The van der Waals surface area contributed by atoms with Gasteiger partial charge < -0.3 is 4.90 Å². The largest absolute Gasteiger partial charge is 0.329 e. The number of nitro groups is 1. The molecule has 2 aromatic carbocycles. The Labute approximate surface area is 177 Å². The predicted octanol–water partition coefficient (Wildman–Crippen LogP) is 4.20. The van der Waals surface area contributed by atoms with Gasteiger partial charge in [0, 0.05) is 35.8 Å². The summed E-state index contributed by atoms with van der Waals surface area (Å²) in [5, 5.41) is 11.8. The Morgan fingerprint density at radius 2 is 1.90 bits per heavy atom. The van der Waals surface area contributed by atoms with Crippen molar-refractivity contribution in [3.8, 4) is 0 Å². The quantitative estimate of drug-likeness (QED) is 0.432. The number of carbonyl (C=O) groups excluding carboxylic acids is 1. The molecule has 1 unspecified atom stereocenters. The third-order valence-electron chi connectivity index (χ3n) is 5.03. The van der Waals surface area contributed by atoms with Gasteiger partial charge in [-0.25, -0.2) is 4.98 Å². The molecule has 0 N–H and O–H groups in total. The third kappa shape index (κ3) is 3.91. The SMILES string of the molecule is CCN(C(=O)c1ccc([N+](=O)[O-])cc1)C(C)c1nc2cc(Cl)ccc2c(=O)n1CC. The second-order valence-corrected chi connectivity index (χ2v) is 7.19. The lowest BCUT2D eigenvalue weighted by atomic mass is 10.1. The van der Waals surface area contributed by atoms with Crippen LogP contribution in [-0.4, -0.2) is 31.8 Å². The molecule has 1 aromatic heterocycles. The van der Waals surface area contributed by atoms with Crippen LogP contribution in [0, 0.1) is 10.1 Å². The average Bonchev–Trinajstić information content (AvgIpc) is 2.73. The topological polar surface area (TPSA) is 98.3 Å². The van der Waals surface area contributed by atoms with Gasteiger partial charge in [-0.05, 0) is 51.1 Å². The fourth-order valence-electron chi connectivity index (χ4n) is 3.46. The number of non-ortho nitro benzene ring substituents is 1. The molecule has 156 valence electrons. The summed E-state index contributed by atoms with van der Waals surface area (Å²) in [4.78, 5) is 42.6. The second kappa shape index (κ2) is 8.62. The third-order valence-corrected chi connectivity index (χ3v) is 5.27. The zero-order valence-corrected chi connectivity index (χ0v) is 17.6. The molecular formula is C21H21ClN4O4. The number of nitro benzene ring substituents is 1. The summed E-state index contributed by atoms with van der Waals surface area (Å²) >= 11 is 6.07. The highest BCUT2D eigenvalue weighted by Gasteiger charge is 2.26. The number of aromatic nitrogens is 2. The number of hydrogen-bond acceptors (Lipinski definition) is 5. The van der Waals surface area contributed by atoms with E-state index in [1.54, 1.807) is 34.6 Å². The Hall–Kier alpha value is -3.26. The summed E-state index contributed by atoms with van der Waals surface area (Å²) in [5.74, 6) is 0.150. The van der Waals surface area contributed by atoms with Crippen LogP contribution in [-0.2, 0) is 6.54 Å². The molecule has 0 radical (unpaired) electrons. The highest BCUT2D eigenvalue weighted by molar-refractivity contribution is 6.31. The molecule has 0 saturated heterocycles. The minimum absolute atomic E-state index is 0.0875. The Morgan fingerprint density at radius 3 is 2.47 bits per heavy atom. The molecule has 1 heterocycles. The van der Waals surface area contributed by atoms with E-state index in [2.05, 4.69) is 4.98 Å². The zero-order chi connectivity index (χ0) is 22.0. The number of hydrogen-bond donors (Lipinski definition) is 0. The number of halogens is 1. The van der Waals surface area contributed by atoms with Crippen molar-refractivity contribution in [2.75, 3.05) is 6.54 Å². The summed E-state index contributed by atoms with van der Waals surface area (Å²) in [7, 11) is 0. The van der Waals surface area contributed by atoms with E-state index in [-0.39, 0.29) is 17.2 Å². The van der Waals surface area contributed by atoms with Crippen molar-refractivity contribution in [2.24, 2.45) is 0 Å². The Kier molecular flexibility index (Phi) is 6.17. The molecule has 9 heteroatoms. The van der Waals surface area contributed by atoms with Crippen LogP contribution >= 0.6 is 11.6 Å². The van der Waals surface area contributed by atoms with Crippen molar-refractivity contribution >= 4 is 34.1 Å². The van der Waals surface area contributed by atoms with Gasteiger partial charge in [0.1, 0.15) is 5.82 Å². The van der Waals surface area contributed by atoms with Crippen LogP contribution in [0.2, 0.25) is 5.02 Å². The van der Waals surface area contributed by atoms with E-state index in [1.165, 1.54) is 24.3 Å². The summed E-state index contributed by atoms with van der Waals surface area (Å²) < 4.78 is 1.55. The highest BCUT2D eigenvalue weighted by atomic mass is 35.5. The molecule has 8 nitrogen and oxygen atoms in total. The molecule has 0 aliphatic heterocycles. The van der Waals surface area contributed by atoms with Crippen LogP contribution < -0.4 is 5.56 Å². The van der Waals surface area contributed by atoms with Gasteiger partial charge in [-0.3, -0.25) is 24.3 Å². The molecule has 0 saturated carbocycles. The van der Waals surface area contributed by atoms with Gasteiger partial charge in [0.2, 0.25) is 0 Å². The minimum Gasteiger partial charge on any atom is -0.329 e. The van der Waals surface area contributed by atoms with Crippen molar-refractivity contribution in [1.82, 2.24) is 14.5 Å². The first-order chi connectivity index (χ1) is 14.3. The lowest BCUT2D eigenvalue weighted by Crippen LogP contribution is -2.37. The fourth-order valence-corrected chi connectivity index (χ4v) is 3.63. The first-order valence-electron chi connectivity index (χ1n) is 9.53. The molecule has 3 aromatic rings. The summed E-state index contributed by atoms with van der Waals surface area (Å²) in [6, 6.07) is 9.86. The number of amides is 1. The standard InChI is InChI=1S/C21H21ClN4O4/c1-4-24(20(27)14-6-9-16(10-7-14)26(29)30)13(3)19-23-18-12-15(22)8-11-17(18)21(28)25(19)5-2/h6-13H,4-5H2,1-3H3. The number of fused-ring (bicyclic) bond motifs is 1. The summed E-state index contributed by atoms with van der Waals surface area (Å²) in [5.41, 5.74) is 0.511. The monoisotopic (exact) mass is 428 g/mol. The lowest BCUT2D eigenvalue weighted by Gasteiger charge is -2.29. The number of nitrogens with zero attached hydrogens (tertiary/aromatic N) is 4. The van der Waals surface area contributed by atoms with E-state index in [4.69, 9.17) is 11.6 Å². The van der Waals surface area contributed by atoms with Crippen molar-refractivity contribution in [1.29, 1.82) is 0 Å². The number of carbonyl (C=O) groups is 1. The minimum atomic E-state index is -0.515. The molecule has 1 amide bonds. The molecular weight excluding hydrogens is 408 g/mol. The lowest BCUT2D eigenvalue weighted by molar-refractivity contribution is -0.384. The second-order valence-electron chi connectivity index (χ2n) is 6.75. The maximum atomic E-state index is 13.1. The predicted molar refractivity (Wildman–Crippen MR) is 115 cm³/mol. The normalized spacial score (nSPS) is 12.0. The van der Waals surface area contributed by atoms with E-state index < -0.39 is 11.0 Å². The van der Waals surface area contributed by atoms with Crippen molar-refractivity contribution in [2.45, 2.75) is 33.4 Å². The van der Waals surface area contributed by atoms with Crippen molar-refractivity contribution in [3.63, 3.8) is 0 Å². The molecule has 3 rings (SSSR count). The van der Waals surface area contributed by atoms with Crippen molar-refractivity contribution in [3.05, 3.63) is 79.3 Å². The molecule has 0 aliphatic rings. The van der Waals surface area contributed by atoms with Gasteiger partial charge in [0.25, 0.3) is 17.2 Å². The van der Waals surface area contributed by atoms with Crippen molar-refractivity contribution < 1.29 is 9.72 Å². The van der Waals surface area contributed by atoms with Crippen LogP contribution in [0.4, 0.5) is 5.69 Å².